The second kappa shape index (κ2) is 6.41. The summed E-state index contributed by atoms with van der Waals surface area (Å²) in [4.78, 5) is 3.92. The molecule has 96 valence electrons. The molecule has 17 heavy (non-hydrogen) atoms. The van der Waals surface area contributed by atoms with Gasteiger partial charge in [0.25, 0.3) is 0 Å². The molecule has 0 saturated carbocycles. The van der Waals surface area contributed by atoms with Gasteiger partial charge in [-0.3, -0.25) is 0 Å². The van der Waals surface area contributed by atoms with Crippen LogP contribution in [0.2, 0.25) is 5.02 Å². The zero-order valence-electron chi connectivity index (χ0n) is 10.1. The lowest BCUT2D eigenvalue weighted by Gasteiger charge is -2.29. The van der Waals surface area contributed by atoms with E-state index in [1.807, 2.05) is 0 Å². The smallest absolute Gasteiger partial charge is 0.166 e. The third kappa shape index (κ3) is 3.71. The van der Waals surface area contributed by atoms with E-state index in [4.69, 9.17) is 23.2 Å². The number of alkyl halides is 1. The van der Waals surface area contributed by atoms with Crippen LogP contribution in [0, 0.1) is 11.2 Å². The molecule has 0 saturated heterocycles. The van der Waals surface area contributed by atoms with Gasteiger partial charge in [-0.1, -0.05) is 25.4 Å². The Labute approximate surface area is 112 Å². The molecule has 5 heteroatoms. The van der Waals surface area contributed by atoms with Crippen molar-refractivity contribution in [2.75, 3.05) is 17.7 Å². The van der Waals surface area contributed by atoms with Crippen LogP contribution >= 0.6 is 23.2 Å². The standard InChI is InChI=1S/C12H17Cl2FN2/c1-3-12(4-2,7-13)8-17-11-10(15)5-9(14)6-16-11/h5-6H,3-4,7-8H2,1-2H3,(H,16,17). The van der Waals surface area contributed by atoms with E-state index in [0.29, 0.717) is 17.4 Å². The van der Waals surface area contributed by atoms with E-state index in [1.165, 1.54) is 12.3 Å². The minimum atomic E-state index is -0.437. The Hall–Kier alpha value is -0.540. The van der Waals surface area contributed by atoms with E-state index in [9.17, 15) is 4.39 Å². The van der Waals surface area contributed by atoms with E-state index in [-0.39, 0.29) is 11.2 Å². The van der Waals surface area contributed by atoms with Crippen molar-refractivity contribution in [2.24, 2.45) is 5.41 Å². The lowest BCUT2D eigenvalue weighted by Crippen LogP contribution is -2.30. The van der Waals surface area contributed by atoms with Crippen LogP contribution in [0.1, 0.15) is 26.7 Å². The van der Waals surface area contributed by atoms with Gasteiger partial charge in [0.2, 0.25) is 0 Å². The van der Waals surface area contributed by atoms with Crippen molar-refractivity contribution in [1.82, 2.24) is 4.98 Å². The molecule has 0 amide bonds. The van der Waals surface area contributed by atoms with Crippen molar-refractivity contribution in [3.63, 3.8) is 0 Å². The number of nitrogens with zero attached hydrogens (tertiary/aromatic N) is 1. The van der Waals surface area contributed by atoms with Gasteiger partial charge in [0, 0.05) is 24.0 Å². The molecule has 0 radical (unpaired) electrons. The average molecular weight is 279 g/mol. The number of pyridine rings is 1. The summed E-state index contributed by atoms with van der Waals surface area (Å²) in [7, 11) is 0. The summed E-state index contributed by atoms with van der Waals surface area (Å²) < 4.78 is 13.5. The molecule has 1 rings (SSSR count). The Morgan fingerprint density at radius 2 is 2.06 bits per heavy atom. The normalized spacial score (nSPS) is 11.6. The van der Waals surface area contributed by atoms with Crippen molar-refractivity contribution in [3.05, 3.63) is 23.1 Å². The number of nitrogens with one attached hydrogen (secondary N) is 1. The first-order chi connectivity index (χ1) is 8.06. The van der Waals surface area contributed by atoms with Crippen LogP contribution in [-0.2, 0) is 0 Å². The first kappa shape index (κ1) is 14.5. The largest absolute Gasteiger partial charge is 0.367 e. The molecule has 0 aliphatic heterocycles. The molecule has 0 aliphatic rings. The van der Waals surface area contributed by atoms with Gasteiger partial charge in [-0.2, -0.15) is 0 Å². The minimum Gasteiger partial charge on any atom is -0.367 e. The Bertz CT molecular complexity index is 359. The lowest BCUT2D eigenvalue weighted by atomic mass is 9.84. The van der Waals surface area contributed by atoms with E-state index in [1.54, 1.807) is 0 Å². The van der Waals surface area contributed by atoms with Gasteiger partial charge in [0.15, 0.2) is 11.6 Å². The number of rotatable bonds is 6. The first-order valence-corrected chi connectivity index (χ1v) is 6.59. The fourth-order valence-electron chi connectivity index (χ4n) is 1.55. The fraction of sp³-hybridized carbons (Fsp3) is 0.583. The van der Waals surface area contributed by atoms with Crippen LogP contribution in [-0.4, -0.2) is 17.4 Å². The second-order valence-electron chi connectivity index (χ2n) is 4.18. The Balaban J connectivity index is 2.72. The first-order valence-electron chi connectivity index (χ1n) is 5.68. The Kier molecular flexibility index (Phi) is 5.47. The molecule has 1 N–H and O–H groups in total. The monoisotopic (exact) mass is 278 g/mol. The van der Waals surface area contributed by atoms with Gasteiger partial charge in [0.05, 0.1) is 5.02 Å². The van der Waals surface area contributed by atoms with Crippen molar-refractivity contribution in [2.45, 2.75) is 26.7 Å². The van der Waals surface area contributed by atoms with Gasteiger partial charge in [-0.25, -0.2) is 9.37 Å². The van der Waals surface area contributed by atoms with Crippen LogP contribution < -0.4 is 5.32 Å². The van der Waals surface area contributed by atoms with Crippen LogP contribution in [0.4, 0.5) is 10.2 Å². The van der Waals surface area contributed by atoms with Gasteiger partial charge in [-0.05, 0) is 18.9 Å². The molecule has 0 aliphatic carbocycles. The fourth-order valence-corrected chi connectivity index (χ4v) is 2.17. The van der Waals surface area contributed by atoms with E-state index in [0.717, 1.165) is 12.8 Å². The summed E-state index contributed by atoms with van der Waals surface area (Å²) in [5.74, 6) is 0.335. The zero-order chi connectivity index (χ0) is 12.9. The van der Waals surface area contributed by atoms with E-state index < -0.39 is 5.82 Å². The second-order valence-corrected chi connectivity index (χ2v) is 4.88. The summed E-state index contributed by atoms with van der Waals surface area (Å²) >= 11 is 11.6. The predicted octanol–water partition coefficient (Wildman–Crippen LogP) is 4.33. The number of anilines is 1. The van der Waals surface area contributed by atoms with Gasteiger partial charge in [-0.15, -0.1) is 11.6 Å². The molecular weight excluding hydrogens is 262 g/mol. The Morgan fingerprint density at radius 1 is 1.41 bits per heavy atom. The molecule has 1 heterocycles. The van der Waals surface area contributed by atoms with Gasteiger partial charge < -0.3 is 5.32 Å². The third-order valence-corrected chi connectivity index (χ3v) is 4.00. The molecule has 0 aromatic carbocycles. The SMILES string of the molecule is CCC(CC)(CCl)CNc1ncc(Cl)cc1F. The molecule has 0 atom stereocenters. The third-order valence-electron chi connectivity index (χ3n) is 3.22. The van der Waals surface area contributed by atoms with Crippen molar-refractivity contribution >= 4 is 29.0 Å². The van der Waals surface area contributed by atoms with Crippen LogP contribution in [0.15, 0.2) is 12.3 Å². The van der Waals surface area contributed by atoms with Crippen LogP contribution in [0.5, 0.6) is 0 Å². The summed E-state index contributed by atoms with van der Waals surface area (Å²) in [6.07, 6.45) is 3.30. The average Bonchev–Trinajstić information content (AvgIpc) is 2.33. The molecule has 0 unspecified atom stereocenters. The number of hydrogen-bond donors (Lipinski definition) is 1. The Morgan fingerprint density at radius 3 is 2.53 bits per heavy atom. The summed E-state index contributed by atoms with van der Waals surface area (Å²) in [6, 6.07) is 1.25. The number of halogens is 3. The number of aromatic nitrogens is 1. The maximum Gasteiger partial charge on any atom is 0.166 e. The van der Waals surface area contributed by atoms with Crippen molar-refractivity contribution in [1.29, 1.82) is 0 Å². The highest BCUT2D eigenvalue weighted by molar-refractivity contribution is 6.30. The summed E-state index contributed by atoms with van der Waals surface area (Å²) in [5.41, 5.74) is -0.0185. The molecule has 0 bridgehead atoms. The predicted molar refractivity (Wildman–Crippen MR) is 71.4 cm³/mol. The molecule has 2 nitrogen and oxygen atoms in total. The lowest BCUT2D eigenvalue weighted by molar-refractivity contribution is 0.326. The van der Waals surface area contributed by atoms with Gasteiger partial charge >= 0.3 is 0 Å². The minimum absolute atomic E-state index is 0.0185. The van der Waals surface area contributed by atoms with Crippen molar-refractivity contribution in [3.8, 4) is 0 Å². The topological polar surface area (TPSA) is 24.9 Å². The highest BCUT2D eigenvalue weighted by Gasteiger charge is 2.25. The molecule has 1 aromatic rings. The molecule has 0 spiro atoms. The summed E-state index contributed by atoms with van der Waals surface area (Å²) in [6.45, 7) is 4.77. The maximum atomic E-state index is 13.5. The van der Waals surface area contributed by atoms with Crippen molar-refractivity contribution < 1.29 is 4.39 Å². The number of hydrogen-bond acceptors (Lipinski definition) is 2. The molecule has 1 aromatic heterocycles. The highest BCUT2D eigenvalue weighted by atomic mass is 35.5. The molecular formula is C12H17Cl2FN2. The van der Waals surface area contributed by atoms with Gasteiger partial charge in [0.1, 0.15) is 0 Å². The van der Waals surface area contributed by atoms with E-state index in [2.05, 4.69) is 24.1 Å². The maximum absolute atomic E-state index is 13.5. The molecule has 0 fully saturated rings. The van der Waals surface area contributed by atoms with E-state index >= 15 is 0 Å². The van der Waals surface area contributed by atoms with Crippen LogP contribution in [0.3, 0.4) is 0 Å². The highest BCUT2D eigenvalue weighted by Crippen LogP contribution is 2.28. The van der Waals surface area contributed by atoms with Crippen LogP contribution in [0.25, 0.3) is 0 Å². The quantitative estimate of drug-likeness (QED) is 0.784. The zero-order valence-corrected chi connectivity index (χ0v) is 11.6. The summed E-state index contributed by atoms with van der Waals surface area (Å²) in [5, 5.41) is 3.30.